The van der Waals surface area contributed by atoms with Crippen LogP contribution in [0.3, 0.4) is 0 Å². The lowest BCUT2D eigenvalue weighted by Gasteiger charge is -2.38. The normalized spacial score (nSPS) is 18.0. The Balaban J connectivity index is 1.76. The highest BCUT2D eigenvalue weighted by Crippen LogP contribution is 2.31. The molecule has 2 aromatic rings. The lowest BCUT2D eigenvalue weighted by Crippen LogP contribution is -2.42. The lowest BCUT2D eigenvalue weighted by atomic mass is 9.81. The number of H-pyrrole nitrogens is 1. The first-order valence-electron chi connectivity index (χ1n) is 7.24. The van der Waals surface area contributed by atoms with E-state index in [4.69, 9.17) is 5.73 Å². The van der Waals surface area contributed by atoms with E-state index in [1.807, 2.05) is 0 Å². The zero-order valence-corrected chi connectivity index (χ0v) is 12.1. The third-order valence-electron chi connectivity index (χ3n) is 4.35. The maximum Gasteiger partial charge on any atom is 0.245 e. The van der Waals surface area contributed by atoms with E-state index in [0.29, 0.717) is 23.9 Å². The average Bonchev–Trinajstić information content (AvgIpc) is 2.98. The third-order valence-corrected chi connectivity index (χ3v) is 4.35. The zero-order valence-electron chi connectivity index (χ0n) is 12.1. The minimum atomic E-state index is -0.297. The fourth-order valence-electron chi connectivity index (χ4n) is 2.62. The Morgan fingerprint density at radius 2 is 2.05 bits per heavy atom. The standard InChI is InChI=1S/C15H20FN5/c1-15(10-17)6-8-21(9-7-15)14-18-13(19-20-14)11-4-2-3-5-12(11)16/h2-5H,6-10,17H2,1H3,(H,18,19,20). The van der Waals surface area contributed by atoms with E-state index in [0.717, 1.165) is 25.9 Å². The van der Waals surface area contributed by atoms with Crippen molar-refractivity contribution in [1.29, 1.82) is 0 Å². The molecule has 21 heavy (non-hydrogen) atoms. The van der Waals surface area contributed by atoms with Gasteiger partial charge in [0.1, 0.15) is 5.82 Å². The van der Waals surface area contributed by atoms with E-state index in [1.54, 1.807) is 18.2 Å². The first kappa shape index (κ1) is 14.0. The van der Waals surface area contributed by atoms with E-state index >= 15 is 0 Å². The van der Waals surface area contributed by atoms with E-state index in [9.17, 15) is 4.39 Å². The second kappa shape index (κ2) is 5.44. The molecule has 0 aliphatic carbocycles. The summed E-state index contributed by atoms with van der Waals surface area (Å²) in [6.45, 7) is 4.67. The van der Waals surface area contributed by atoms with Gasteiger partial charge < -0.3 is 10.6 Å². The van der Waals surface area contributed by atoms with E-state index in [-0.39, 0.29) is 11.2 Å². The van der Waals surface area contributed by atoms with Crippen LogP contribution < -0.4 is 10.6 Å². The fourth-order valence-corrected chi connectivity index (χ4v) is 2.62. The molecule has 2 heterocycles. The number of benzene rings is 1. The Labute approximate surface area is 123 Å². The molecule has 0 spiro atoms. The van der Waals surface area contributed by atoms with Crippen LogP contribution in [0.5, 0.6) is 0 Å². The van der Waals surface area contributed by atoms with Gasteiger partial charge in [-0.15, -0.1) is 5.10 Å². The highest BCUT2D eigenvalue weighted by Gasteiger charge is 2.30. The quantitative estimate of drug-likeness (QED) is 0.908. The zero-order chi connectivity index (χ0) is 14.9. The Morgan fingerprint density at radius 1 is 1.33 bits per heavy atom. The summed E-state index contributed by atoms with van der Waals surface area (Å²) in [6, 6.07) is 6.56. The summed E-state index contributed by atoms with van der Waals surface area (Å²) >= 11 is 0. The van der Waals surface area contributed by atoms with Crippen LogP contribution in [0.15, 0.2) is 24.3 Å². The molecule has 1 aliphatic heterocycles. The molecule has 1 aromatic carbocycles. The first-order chi connectivity index (χ1) is 10.1. The average molecular weight is 289 g/mol. The summed E-state index contributed by atoms with van der Waals surface area (Å²) in [5.74, 6) is 0.803. The molecule has 3 rings (SSSR count). The SMILES string of the molecule is CC1(CN)CCN(c2n[nH]c(-c3ccccc3F)n2)CC1. The van der Waals surface area contributed by atoms with Crippen molar-refractivity contribution >= 4 is 5.95 Å². The van der Waals surface area contributed by atoms with E-state index < -0.39 is 0 Å². The van der Waals surface area contributed by atoms with Crippen LogP contribution >= 0.6 is 0 Å². The first-order valence-corrected chi connectivity index (χ1v) is 7.24. The van der Waals surface area contributed by atoms with Crippen molar-refractivity contribution in [3.8, 4) is 11.4 Å². The molecule has 1 aromatic heterocycles. The molecule has 0 atom stereocenters. The minimum Gasteiger partial charge on any atom is -0.339 e. The maximum absolute atomic E-state index is 13.8. The van der Waals surface area contributed by atoms with E-state index in [2.05, 4.69) is 27.0 Å². The second-order valence-corrected chi connectivity index (χ2v) is 5.97. The van der Waals surface area contributed by atoms with Crippen molar-refractivity contribution in [2.45, 2.75) is 19.8 Å². The number of rotatable bonds is 3. The summed E-state index contributed by atoms with van der Waals surface area (Å²) in [6.07, 6.45) is 2.04. The topological polar surface area (TPSA) is 70.8 Å². The van der Waals surface area contributed by atoms with Gasteiger partial charge in [0.15, 0.2) is 5.82 Å². The number of hydrogen-bond acceptors (Lipinski definition) is 4. The highest BCUT2D eigenvalue weighted by molar-refractivity contribution is 5.57. The van der Waals surface area contributed by atoms with Gasteiger partial charge in [-0.25, -0.2) is 4.39 Å². The van der Waals surface area contributed by atoms with Gasteiger partial charge in [0.05, 0.1) is 5.56 Å². The molecule has 6 heteroatoms. The summed E-state index contributed by atoms with van der Waals surface area (Å²) < 4.78 is 13.8. The number of anilines is 1. The van der Waals surface area contributed by atoms with Gasteiger partial charge in [0.2, 0.25) is 5.95 Å². The van der Waals surface area contributed by atoms with Crippen molar-refractivity contribution in [3.63, 3.8) is 0 Å². The molecule has 3 N–H and O–H groups in total. The predicted octanol–water partition coefficient (Wildman–Crippen LogP) is 2.18. The summed E-state index contributed by atoms with van der Waals surface area (Å²) in [4.78, 5) is 6.55. The Bertz CT molecular complexity index is 616. The molecule has 0 amide bonds. The van der Waals surface area contributed by atoms with Crippen LogP contribution in [-0.2, 0) is 0 Å². The smallest absolute Gasteiger partial charge is 0.245 e. The van der Waals surface area contributed by atoms with Crippen LogP contribution in [0.25, 0.3) is 11.4 Å². The van der Waals surface area contributed by atoms with Crippen molar-refractivity contribution in [1.82, 2.24) is 15.2 Å². The van der Waals surface area contributed by atoms with E-state index in [1.165, 1.54) is 6.07 Å². The number of nitrogens with two attached hydrogens (primary N) is 1. The molecule has 0 bridgehead atoms. The molecule has 112 valence electrons. The van der Waals surface area contributed by atoms with Gasteiger partial charge in [0, 0.05) is 13.1 Å². The minimum absolute atomic E-state index is 0.209. The van der Waals surface area contributed by atoms with Gasteiger partial charge in [-0.1, -0.05) is 19.1 Å². The molecule has 0 unspecified atom stereocenters. The van der Waals surface area contributed by atoms with Gasteiger partial charge in [0.25, 0.3) is 0 Å². The Hall–Kier alpha value is -1.95. The fraction of sp³-hybridized carbons (Fsp3) is 0.467. The van der Waals surface area contributed by atoms with Crippen LogP contribution in [0.4, 0.5) is 10.3 Å². The molecule has 5 nitrogen and oxygen atoms in total. The monoisotopic (exact) mass is 289 g/mol. The van der Waals surface area contributed by atoms with Crippen LogP contribution in [0, 0.1) is 11.2 Å². The van der Waals surface area contributed by atoms with Crippen molar-refractivity contribution in [2.75, 3.05) is 24.5 Å². The third kappa shape index (κ3) is 2.76. The molecule has 1 saturated heterocycles. The van der Waals surface area contributed by atoms with Crippen LogP contribution in [-0.4, -0.2) is 34.8 Å². The number of hydrogen-bond donors (Lipinski definition) is 2. The number of nitrogens with zero attached hydrogens (tertiary/aromatic N) is 3. The Morgan fingerprint density at radius 3 is 2.71 bits per heavy atom. The molecule has 1 fully saturated rings. The molecule has 0 radical (unpaired) electrons. The molecule has 0 saturated carbocycles. The van der Waals surface area contributed by atoms with Crippen LogP contribution in [0.1, 0.15) is 19.8 Å². The van der Waals surface area contributed by atoms with Gasteiger partial charge in [-0.3, -0.25) is 5.10 Å². The summed E-state index contributed by atoms with van der Waals surface area (Å²) in [5.41, 5.74) is 6.47. The largest absolute Gasteiger partial charge is 0.339 e. The van der Waals surface area contributed by atoms with Crippen molar-refractivity contribution < 1.29 is 4.39 Å². The van der Waals surface area contributed by atoms with Crippen molar-refractivity contribution in [2.24, 2.45) is 11.1 Å². The van der Waals surface area contributed by atoms with Crippen LogP contribution in [0.2, 0.25) is 0 Å². The van der Waals surface area contributed by atoms with Gasteiger partial charge >= 0.3 is 0 Å². The van der Waals surface area contributed by atoms with Crippen molar-refractivity contribution in [3.05, 3.63) is 30.1 Å². The number of aromatic amines is 1. The molecule has 1 aliphatic rings. The number of piperidine rings is 1. The Kier molecular flexibility index (Phi) is 3.63. The molecular weight excluding hydrogens is 269 g/mol. The maximum atomic E-state index is 13.8. The number of aromatic nitrogens is 3. The summed E-state index contributed by atoms with van der Waals surface area (Å²) in [5, 5.41) is 7.05. The van der Waals surface area contributed by atoms with Gasteiger partial charge in [-0.2, -0.15) is 4.98 Å². The highest BCUT2D eigenvalue weighted by atomic mass is 19.1. The number of halogens is 1. The number of nitrogens with one attached hydrogen (secondary N) is 1. The predicted molar refractivity (Wildman–Crippen MR) is 80.4 cm³/mol. The molecular formula is C15H20FN5. The summed E-state index contributed by atoms with van der Waals surface area (Å²) in [7, 11) is 0. The van der Waals surface area contributed by atoms with Gasteiger partial charge in [-0.05, 0) is 36.9 Å². The lowest BCUT2D eigenvalue weighted by molar-refractivity contribution is 0.257. The second-order valence-electron chi connectivity index (χ2n) is 5.97.